The second-order valence-corrected chi connectivity index (χ2v) is 6.09. The second-order valence-electron chi connectivity index (χ2n) is 5.05. The molecule has 1 aliphatic heterocycles. The molecule has 3 rings (SSSR count). The van der Waals surface area contributed by atoms with Gasteiger partial charge in [-0.15, -0.1) is 11.3 Å². The van der Waals surface area contributed by atoms with Gasteiger partial charge in [0, 0.05) is 18.0 Å². The van der Waals surface area contributed by atoms with Crippen LogP contribution in [0.25, 0.3) is 0 Å². The maximum atomic E-state index is 11.6. The number of thiophene rings is 1. The molecule has 1 aliphatic rings. The molecule has 0 saturated heterocycles. The Labute approximate surface area is 122 Å². The first-order valence-corrected chi connectivity index (χ1v) is 7.71. The van der Waals surface area contributed by atoms with E-state index in [-0.39, 0.29) is 0 Å². The molecule has 104 valence electrons. The monoisotopic (exact) mass is 287 g/mol. The summed E-state index contributed by atoms with van der Waals surface area (Å²) in [5.74, 6) is -0.747. The van der Waals surface area contributed by atoms with E-state index in [9.17, 15) is 9.90 Å². The number of carbonyl (C=O) groups is 1. The van der Waals surface area contributed by atoms with E-state index >= 15 is 0 Å². The lowest BCUT2D eigenvalue weighted by Gasteiger charge is -2.34. The fraction of sp³-hybridized carbons (Fsp3) is 0.312. The number of fused-ring (bicyclic) bond motifs is 1. The van der Waals surface area contributed by atoms with Crippen molar-refractivity contribution in [3.63, 3.8) is 0 Å². The van der Waals surface area contributed by atoms with Crippen molar-refractivity contribution in [2.45, 2.75) is 18.9 Å². The highest BCUT2D eigenvalue weighted by Crippen LogP contribution is 2.30. The third-order valence-corrected chi connectivity index (χ3v) is 4.78. The standard InChI is InChI=1S/C16H17NO2S/c18-16(19)15-14-6-2-1-4-12(14)7-9-17(15)10-8-13-5-3-11-20-13/h1-6,11,15H,7-10H2,(H,18,19). The number of hydrogen-bond acceptors (Lipinski definition) is 3. The summed E-state index contributed by atoms with van der Waals surface area (Å²) in [6.45, 7) is 1.62. The zero-order valence-corrected chi connectivity index (χ0v) is 12.0. The lowest BCUT2D eigenvalue weighted by atomic mass is 9.92. The fourth-order valence-corrected chi connectivity index (χ4v) is 3.56. The van der Waals surface area contributed by atoms with Gasteiger partial charge in [-0.2, -0.15) is 0 Å². The number of aliphatic carboxylic acids is 1. The summed E-state index contributed by atoms with van der Waals surface area (Å²) in [6.07, 6.45) is 1.86. The van der Waals surface area contributed by atoms with Crippen molar-refractivity contribution in [1.29, 1.82) is 0 Å². The molecule has 3 nitrogen and oxygen atoms in total. The van der Waals surface area contributed by atoms with E-state index < -0.39 is 12.0 Å². The summed E-state index contributed by atoms with van der Waals surface area (Å²) >= 11 is 1.73. The summed E-state index contributed by atoms with van der Waals surface area (Å²) < 4.78 is 0. The van der Waals surface area contributed by atoms with Crippen molar-refractivity contribution in [1.82, 2.24) is 4.90 Å². The van der Waals surface area contributed by atoms with Crippen LogP contribution in [0.2, 0.25) is 0 Å². The molecule has 0 fully saturated rings. The zero-order valence-electron chi connectivity index (χ0n) is 11.2. The SMILES string of the molecule is O=C(O)C1c2ccccc2CCN1CCc1cccs1. The number of hydrogen-bond donors (Lipinski definition) is 1. The number of carboxylic acid groups (broad SMARTS) is 1. The van der Waals surface area contributed by atoms with Crippen LogP contribution in [-0.4, -0.2) is 29.1 Å². The lowest BCUT2D eigenvalue weighted by Crippen LogP contribution is -2.40. The van der Waals surface area contributed by atoms with E-state index in [1.165, 1.54) is 10.4 Å². The summed E-state index contributed by atoms with van der Waals surface area (Å²) in [6, 6.07) is 11.6. The van der Waals surface area contributed by atoms with Crippen molar-refractivity contribution in [2.24, 2.45) is 0 Å². The Hall–Kier alpha value is -1.65. The minimum Gasteiger partial charge on any atom is -0.480 e. The van der Waals surface area contributed by atoms with Crippen LogP contribution >= 0.6 is 11.3 Å². The summed E-state index contributed by atoms with van der Waals surface area (Å²) in [7, 11) is 0. The van der Waals surface area contributed by atoms with Crippen LogP contribution in [-0.2, 0) is 17.6 Å². The van der Waals surface area contributed by atoms with Gasteiger partial charge in [0.05, 0.1) is 0 Å². The van der Waals surface area contributed by atoms with E-state index in [1.54, 1.807) is 11.3 Å². The van der Waals surface area contributed by atoms with E-state index in [0.29, 0.717) is 0 Å². The van der Waals surface area contributed by atoms with Gasteiger partial charge in [-0.1, -0.05) is 30.3 Å². The molecule has 2 aromatic rings. The predicted molar refractivity (Wildman–Crippen MR) is 80.1 cm³/mol. The molecule has 1 unspecified atom stereocenters. The van der Waals surface area contributed by atoms with Crippen LogP contribution in [0.4, 0.5) is 0 Å². The Kier molecular flexibility index (Phi) is 3.85. The van der Waals surface area contributed by atoms with Crippen molar-refractivity contribution in [3.05, 3.63) is 57.8 Å². The maximum Gasteiger partial charge on any atom is 0.325 e. The van der Waals surface area contributed by atoms with Crippen molar-refractivity contribution in [3.8, 4) is 0 Å². The van der Waals surface area contributed by atoms with Crippen LogP contribution in [0, 0.1) is 0 Å². The fourth-order valence-electron chi connectivity index (χ4n) is 2.86. The molecule has 1 atom stereocenters. The Balaban J connectivity index is 1.79. The maximum absolute atomic E-state index is 11.6. The van der Waals surface area contributed by atoms with E-state index in [1.807, 2.05) is 30.3 Å². The minimum atomic E-state index is -0.747. The molecule has 4 heteroatoms. The highest BCUT2D eigenvalue weighted by Gasteiger charge is 2.32. The lowest BCUT2D eigenvalue weighted by molar-refractivity contribution is -0.144. The quantitative estimate of drug-likeness (QED) is 0.940. The Morgan fingerprint density at radius 2 is 2.15 bits per heavy atom. The number of nitrogens with zero attached hydrogens (tertiary/aromatic N) is 1. The highest BCUT2D eigenvalue weighted by molar-refractivity contribution is 7.09. The van der Waals surface area contributed by atoms with Crippen LogP contribution in [0.15, 0.2) is 41.8 Å². The molecule has 0 radical (unpaired) electrons. The van der Waals surface area contributed by atoms with Crippen LogP contribution in [0.3, 0.4) is 0 Å². The van der Waals surface area contributed by atoms with Gasteiger partial charge in [-0.25, -0.2) is 0 Å². The number of benzene rings is 1. The topological polar surface area (TPSA) is 40.5 Å². The average Bonchev–Trinajstić information content (AvgIpc) is 2.97. The van der Waals surface area contributed by atoms with Gasteiger partial charge in [-0.3, -0.25) is 9.69 Å². The minimum absolute atomic E-state index is 0.500. The van der Waals surface area contributed by atoms with Crippen LogP contribution in [0.5, 0.6) is 0 Å². The molecule has 1 aromatic heterocycles. The first kappa shape index (κ1) is 13.3. The van der Waals surface area contributed by atoms with Gasteiger partial charge >= 0.3 is 5.97 Å². The summed E-state index contributed by atoms with van der Waals surface area (Å²) in [4.78, 5) is 15.1. The second kappa shape index (κ2) is 5.77. The van der Waals surface area contributed by atoms with Gasteiger partial charge < -0.3 is 5.11 Å². The Morgan fingerprint density at radius 1 is 1.30 bits per heavy atom. The van der Waals surface area contributed by atoms with Crippen molar-refractivity contribution >= 4 is 17.3 Å². The highest BCUT2D eigenvalue weighted by atomic mass is 32.1. The zero-order chi connectivity index (χ0) is 13.9. The molecule has 0 aliphatic carbocycles. The number of carboxylic acids is 1. The predicted octanol–water partition coefficient (Wildman–Crippen LogP) is 2.97. The van der Waals surface area contributed by atoms with Crippen molar-refractivity contribution in [2.75, 3.05) is 13.1 Å². The molecular weight excluding hydrogens is 270 g/mol. The Bertz CT molecular complexity index is 594. The van der Waals surface area contributed by atoms with Crippen LogP contribution in [0.1, 0.15) is 22.0 Å². The molecule has 1 aromatic carbocycles. The van der Waals surface area contributed by atoms with Gasteiger partial charge in [0.2, 0.25) is 0 Å². The van der Waals surface area contributed by atoms with Gasteiger partial charge in [0.15, 0.2) is 0 Å². The molecule has 0 bridgehead atoms. The van der Waals surface area contributed by atoms with Crippen LogP contribution < -0.4 is 0 Å². The van der Waals surface area contributed by atoms with E-state index in [4.69, 9.17) is 0 Å². The van der Waals surface area contributed by atoms with Gasteiger partial charge in [-0.05, 0) is 35.4 Å². The molecular formula is C16H17NO2S. The Morgan fingerprint density at radius 3 is 2.90 bits per heavy atom. The molecule has 0 spiro atoms. The van der Waals surface area contributed by atoms with Gasteiger partial charge in [0.1, 0.15) is 6.04 Å². The number of rotatable bonds is 4. The molecule has 1 N–H and O–H groups in total. The van der Waals surface area contributed by atoms with E-state index in [0.717, 1.165) is 31.5 Å². The molecule has 0 saturated carbocycles. The smallest absolute Gasteiger partial charge is 0.325 e. The molecule has 0 amide bonds. The molecule has 20 heavy (non-hydrogen) atoms. The third kappa shape index (κ3) is 2.62. The first-order valence-electron chi connectivity index (χ1n) is 6.83. The van der Waals surface area contributed by atoms with Crippen molar-refractivity contribution < 1.29 is 9.90 Å². The first-order chi connectivity index (χ1) is 9.75. The third-order valence-electron chi connectivity index (χ3n) is 3.84. The summed E-state index contributed by atoms with van der Waals surface area (Å²) in [5.41, 5.74) is 2.13. The summed E-state index contributed by atoms with van der Waals surface area (Å²) in [5, 5.41) is 11.6. The largest absolute Gasteiger partial charge is 0.480 e. The molecule has 2 heterocycles. The average molecular weight is 287 g/mol. The van der Waals surface area contributed by atoms with Gasteiger partial charge in [0.25, 0.3) is 0 Å². The normalized spacial score (nSPS) is 18.7. The van der Waals surface area contributed by atoms with E-state index in [2.05, 4.69) is 16.3 Å².